The second kappa shape index (κ2) is 8.71. The zero-order chi connectivity index (χ0) is 23.2. The van der Waals surface area contributed by atoms with Crippen molar-refractivity contribution in [3.05, 3.63) is 0 Å². The molecule has 176 valence electrons. The van der Waals surface area contributed by atoms with Crippen LogP contribution in [0.1, 0.15) is 54.4 Å². The van der Waals surface area contributed by atoms with Crippen molar-refractivity contribution in [3.63, 3.8) is 0 Å². The van der Waals surface area contributed by atoms with E-state index in [4.69, 9.17) is 9.47 Å². The van der Waals surface area contributed by atoms with E-state index in [1.54, 1.807) is 27.7 Å². The van der Waals surface area contributed by atoms with Crippen molar-refractivity contribution in [2.45, 2.75) is 103 Å². The van der Waals surface area contributed by atoms with Crippen LogP contribution in [0.15, 0.2) is 0 Å². The van der Waals surface area contributed by atoms with Crippen LogP contribution in [0.2, 0.25) is 0 Å². The summed E-state index contributed by atoms with van der Waals surface area (Å²) in [6.07, 6.45) is -9.22. The first-order valence-electron chi connectivity index (χ1n) is 10.5. The molecular weight excluding hydrogens is 396 g/mol. The second-order valence-electron chi connectivity index (χ2n) is 10.3. The van der Waals surface area contributed by atoms with Crippen molar-refractivity contribution in [2.75, 3.05) is 6.61 Å². The third kappa shape index (κ3) is 4.19. The standard InChI is InChI=1S/C21H38O9/c1-10(2)7-8-21(28)16(26)19(3,4)18(20(5,6)17(21)27)30-15-14(25)13(24)12(23)11(9-22)29-15/h10-16,18,22-26,28H,7-9H2,1-6H3/t11-,12-,13+,14-,15+,16-,18+,21+/m1/s1. The first-order chi connectivity index (χ1) is 13.6. The van der Waals surface area contributed by atoms with E-state index in [0.717, 1.165) is 0 Å². The van der Waals surface area contributed by atoms with Gasteiger partial charge in [0.1, 0.15) is 30.0 Å². The highest BCUT2D eigenvalue weighted by molar-refractivity contribution is 5.94. The van der Waals surface area contributed by atoms with E-state index in [0.29, 0.717) is 6.42 Å². The summed E-state index contributed by atoms with van der Waals surface area (Å²) < 4.78 is 11.4. The second-order valence-corrected chi connectivity index (χ2v) is 10.3. The lowest BCUT2D eigenvalue weighted by molar-refractivity contribution is -0.338. The molecule has 0 amide bonds. The minimum absolute atomic E-state index is 0.101. The first kappa shape index (κ1) is 25.6. The summed E-state index contributed by atoms with van der Waals surface area (Å²) in [7, 11) is 0. The molecule has 0 bridgehead atoms. The lowest BCUT2D eigenvalue weighted by Crippen LogP contribution is -2.72. The van der Waals surface area contributed by atoms with E-state index in [1.165, 1.54) is 0 Å². The third-order valence-corrected chi connectivity index (χ3v) is 6.69. The summed E-state index contributed by atoms with van der Waals surface area (Å²) >= 11 is 0. The molecule has 0 aromatic carbocycles. The van der Waals surface area contributed by atoms with Crippen molar-refractivity contribution in [1.82, 2.24) is 0 Å². The quantitative estimate of drug-likeness (QED) is 0.319. The monoisotopic (exact) mass is 434 g/mol. The van der Waals surface area contributed by atoms with E-state index in [1.807, 2.05) is 13.8 Å². The van der Waals surface area contributed by atoms with E-state index >= 15 is 0 Å². The van der Waals surface area contributed by atoms with Gasteiger partial charge >= 0.3 is 0 Å². The van der Waals surface area contributed by atoms with Crippen molar-refractivity contribution in [1.29, 1.82) is 0 Å². The Hall–Kier alpha value is -0.650. The number of hydrogen-bond donors (Lipinski definition) is 6. The summed E-state index contributed by atoms with van der Waals surface area (Å²) in [5, 5.41) is 62.0. The van der Waals surface area contributed by atoms with Crippen molar-refractivity contribution in [2.24, 2.45) is 16.7 Å². The van der Waals surface area contributed by atoms with Gasteiger partial charge in [0, 0.05) is 5.41 Å². The van der Waals surface area contributed by atoms with Crippen molar-refractivity contribution < 1.29 is 44.9 Å². The fourth-order valence-electron chi connectivity index (χ4n) is 4.91. The molecule has 8 atom stereocenters. The normalized spacial score (nSPS) is 43.8. The molecular formula is C21H38O9. The molecule has 0 aromatic rings. The molecule has 2 fully saturated rings. The topological polar surface area (TPSA) is 157 Å². The highest BCUT2D eigenvalue weighted by Crippen LogP contribution is 2.52. The van der Waals surface area contributed by atoms with Gasteiger partial charge in [0.25, 0.3) is 0 Å². The number of Topliss-reactive ketones (excluding diaryl/α,β-unsaturated/α-hetero) is 1. The van der Waals surface area contributed by atoms with Crippen molar-refractivity contribution >= 4 is 5.78 Å². The molecule has 1 aliphatic carbocycles. The molecule has 1 saturated heterocycles. The predicted molar refractivity (Wildman–Crippen MR) is 106 cm³/mol. The summed E-state index contributed by atoms with van der Waals surface area (Å²) in [4.78, 5) is 13.3. The smallest absolute Gasteiger partial charge is 0.187 e. The molecule has 0 radical (unpaired) electrons. The Labute approximate surface area is 177 Å². The maximum Gasteiger partial charge on any atom is 0.187 e. The summed E-state index contributed by atoms with van der Waals surface area (Å²) in [6.45, 7) is 9.81. The zero-order valence-corrected chi connectivity index (χ0v) is 18.6. The van der Waals surface area contributed by atoms with Crippen LogP contribution in [0.25, 0.3) is 0 Å². The van der Waals surface area contributed by atoms with Crippen LogP contribution in [0.3, 0.4) is 0 Å². The van der Waals surface area contributed by atoms with Crippen LogP contribution in [0.5, 0.6) is 0 Å². The van der Waals surface area contributed by atoms with Crippen LogP contribution in [-0.4, -0.2) is 91.5 Å². The Morgan fingerprint density at radius 2 is 1.60 bits per heavy atom. The Morgan fingerprint density at radius 1 is 1.03 bits per heavy atom. The first-order valence-corrected chi connectivity index (χ1v) is 10.5. The van der Waals surface area contributed by atoms with Gasteiger partial charge in [-0.3, -0.25) is 4.79 Å². The number of hydrogen-bond acceptors (Lipinski definition) is 9. The molecule has 6 N–H and O–H groups in total. The van der Waals surface area contributed by atoms with E-state index < -0.39 is 71.7 Å². The maximum atomic E-state index is 13.3. The van der Waals surface area contributed by atoms with E-state index in [9.17, 15) is 35.4 Å². The van der Waals surface area contributed by atoms with Gasteiger partial charge in [-0.15, -0.1) is 0 Å². The fraction of sp³-hybridized carbons (Fsp3) is 0.952. The molecule has 9 nitrogen and oxygen atoms in total. The molecule has 0 spiro atoms. The maximum absolute atomic E-state index is 13.3. The molecule has 1 heterocycles. The highest BCUT2D eigenvalue weighted by atomic mass is 16.7. The fourth-order valence-corrected chi connectivity index (χ4v) is 4.91. The van der Waals surface area contributed by atoms with Gasteiger partial charge in [-0.25, -0.2) is 0 Å². The van der Waals surface area contributed by atoms with Crippen molar-refractivity contribution in [3.8, 4) is 0 Å². The lowest BCUT2D eigenvalue weighted by atomic mass is 9.54. The average molecular weight is 435 g/mol. The number of ketones is 1. The third-order valence-electron chi connectivity index (χ3n) is 6.69. The van der Waals surface area contributed by atoms with E-state index in [-0.39, 0.29) is 12.3 Å². The highest BCUT2D eigenvalue weighted by Gasteiger charge is 2.66. The average Bonchev–Trinajstić information content (AvgIpc) is 2.67. The van der Waals surface area contributed by atoms with Crippen LogP contribution >= 0.6 is 0 Å². The van der Waals surface area contributed by atoms with Gasteiger partial charge in [-0.2, -0.15) is 0 Å². The number of aliphatic hydroxyl groups is 6. The Kier molecular flexibility index (Phi) is 7.43. The number of aliphatic hydroxyl groups excluding tert-OH is 5. The molecule has 30 heavy (non-hydrogen) atoms. The molecule has 9 heteroatoms. The van der Waals surface area contributed by atoms with Gasteiger partial charge in [0.2, 0.25) is 0 Å². The summed E-state index contributed by atoms with van der Waals surface area (Å²) in [5.41, 5.74) is -4.36. The Balaban J connectivity index is 2.36. The van der Waals surface area contributed by atoms with Crippen LogP contribution < -0.4 is 0 Å². The summed E-state index contributed by atoms with van der Waals surface area (Å²) in [6, 6.07) is 0. The lowest BCUT2D eigenvalue weighted by Gasteiger charge is -2.57. The minimum atomic E-state index is -1.95. The number of carbonyl (C=O) groups excluding carboxylic acids is 1. The van der Waals surface area contributed by atoms with Gasteiger partial charge < -0.3 is 40.1 Å². The molecule has 0 aromatic heterocycles. The SMILES string of the molecule is CC(C)CC[C@@]1(O)C(=O)C(C)(C)[C@@H](O[C@@H]2O[C@H](CO)[C@@H](O)[C@H](O)[C@H]2O)C(C)(C)[C@H]1O. The van der Waals surface area contributed by atoms with Crippen LogP contribution in [0, 0.1) is 16.7 Å². The minimum Gasteiger partial charge on any atom is -0.394 e. The molecule has 2 rings (SSSR count). The van der Waals surface area contributed by atoms with Gasteiger partial charge in [-0.1, -0.05) is 41.5 Å². The Morgan fingerprint density at radius 3 is 2.10 bits per heavy atom. The number of carbonyl (C=O) groups is 1. The van der Waals surface area contributed by atoms with Crippen LogP contribution in [-0.2, 0) is 14.3 Å². The van der Waals surface area contributed by atoms with Crippen LogP contribution in [0.4, 0.5) is 0 Å². The molecule has 2 aliphatic rings. The number of ether oxygens (including phenoxy) is 2. The zero-order valence-electron chi connectivity index (χ0n) is 18.6. The van der Waals surface area contributed by atoms with Gasteiger partial charge in [-0.05, 0) is 18.8 Å². The molecule has 1 saturated carbocycles. The Bertz CT molecular complexity index is 618. The molecule has 0 unspecified atom stereocenters. The molecule has 1 aliphatic heterocycles. The van der Waals surface area contributed by atoms with Gasteiger partial charge in [0.15, 0.2) is 12.1 Å². The van der Waals surface area contributed by atoms with Gasteiger partial charge in [0.05, 0.1) is 24.2 Å². The summed E-state index contributed by atoms with van der Waals surface area (Å²) in [5.74, 6) is -0.347. The largest absolute Gasteiger partial charge is 0.394 e. The predicted octanol–water partition coefficient (Wildman–Crippen LogP) is -0.665. The van der Waals surface area contributed by atoms with E-state index in [2.05, 4.69) is 0 Å². The number of rotatable bonds is 6.